The quantitative estimate of drug-likeness (QED) is 0.929. The first kappa shape index (κ1) is 12.5. The zero-order valence-corrected chi connectivity index (χ0v) is 11.1. The summed E-state index contributed by atoms with van der Waals surface area (Å²) in [5, 5.41) is 3.14. The van der Waals surface area contributed by atoms with Gasteiger partial charge in [0.15, 0.2) is 0 Å². The Morgan fingerprint density at radius 3 is 3.00 bits per heavy atom. The van der Waals surface area contributed by atoms with Gasteiger partial charge in [-0.1, -0.05) is 6.92 Å². The Bertz CT molecular complexity index is 439. The molecule has 1 aliphatic heterocycles. The van der Waals surface area contributed by atoms with Crippen LogP contribution in [0.2, 0.25) is 0 Å². The highest BCUT2D eigenvalue weighted by Crippen LogP contribution is 2.26. The maximum absolute atomic E-state index is 13.1. The van der Waals surface area contributed by atoms with Gasteiger partial charge in [-0.2, -0.15) is 0 Å². The van der Waals surface area contributed by atoms with Crippen LogP contribution >= 0.6 is 15.9 Å². The van der Waals surface area contributed by atoms with E-state index >= 15 is 0 Å². The third-order valence-electron chi connectivity index (χ3n) is 2.87. The Kier molecular flexibility index (Phi) is 3.79. The van der Waals surface area contributed by atoms with Crippen molar-refractivity contribution in [2.24, 2.45) is 0 Å². The summed E-state index contributed by atoms with van der Waals surface area (Å²) in [6, 6.07) is 4.53. The first-order valence-corrected chi connectivity index (χ1v) is 6.42. The van der Waals surface area contributed by atoms with Gasteiger partial charge in [0, 0.05) is 12.2 Å². The zero-order chi connectivity index (χ0) is 12.4. The van der Waals surface area contributed by atoms with Gasteiger partial charge in [-0.25, -0.2) is 4.39 Å². The van der Waals surface area contributed by atoms with E-state index in [4.69, 9.17) is 0 Å². The summed E-state index contributed by atoms with van der Waals surface area (Å²) in [4.78, 5) is 13.7. The molecule has 2 rings (SSSR count). The van der Waals surface area contributed by atoms with E-state index in [1.54, 1.807) is 17.0 Å². The van der Waals surface area contributed by atoms with E-state index in [0.717, 1.165) is 18.7 Å². The highest BCUT2D eigenvalue weighted by Gasteiger charge is 2.31. The second kappa shape index (κ2) is 5.14. The van der Waals surface area contributed by atoms with Crippen LogP contribution in [-0.2, 0) is 4.79 Å². The first-order chi connectivity index (χ1) is 8.13. The van der Waals surface area contributed by atoms with Crippen LogP contribution in [0.15, 0.2) is 22.7 Å². The summed E-state index contributed by atoms with van der Waals surface area (Å²) in [6.45, 7) is 3.43. The lowest BCUT2D eigenvalue weighted by molar-refractivity contribution is -0.118. The van der Waals surface area contributed by atoms with E-state index < -0.39 is 0 Å². The number of benzene rings is 1. The smallest absolute Gasteiger partial charge is 0.244 e. The number of hydrogen-bond acceptors (Lipinski definition) is 2. The second-order valence-corrected chi connectivity index (χ2v) is 4.84. The molecule has 1 N–H and O–H groups in total. The van der Waals surface area contributed by atoms with Crippen molar-refractivity contribution in [2.45, 2.75) is 19.4 Å². The number of amides is 1. The van der Waals surface area contributed by atoms with Crippen molar-refractivity contribution in [3.63, 3.8) is 0 Å². The molecule has 0 bridgehead atoms. The highest BCUT2D eigenvalue weighted by molar-refractivity contribution is 9.10. The Morgan fingerprint density at radius 2 is 2.35 bits per heavy atom. The highest BCUT2D eigenvalue weighted by atomic mass is 79.9. The number of carbonyl (C=O) groups is 1. The van der Waals surface area contributed by atoms with Gasteiger partial charge in [0.25, 0.3) is 0 Å². The maximum Gasteiger partial charge on any atom is 0.244 e. The SMILES string of the molecule is CCNC1CCN(c2ccc(F)c(Br)c2)C1=O. The largest absolute Gasteiger partial charge is 0.311 e. The molecule has 92 valence electrons. The third-order valence-corrected chi connectivity index (χ3v) is 3.48. The molecule has 17 heavy (non-hydrogen) atoms. The van der Waals surface area contributed by atoms with Crippen molar-refractivity contribution < 1.29 is 9.18 Å². The third kappa shape index (κ3) is 2.50. The number of hydrogen-bond donors (Lipinski definition) is 1. The van der Waals surface area contributed by atoms with Gasteiger partial charge in [-0.3, -0.25) is 4.79 Å². The molecular weight excluding hydrogens is 287 g/mol. The minimum absolute atomic E-state index is 0.0605. The van der Waals surface area contributed by atoms with Crippen molar-refractivity contribution in [1.29, 1.82) is 0 Å². The van der Waals surface area contributed by atoms with E-state index in [1.807, 2.05) is 6.92 Å². The molecule has 1 atom stereocenters. The lowest BCUT2D eigenvalue weighted by atomic mass is 10.2. The number of rotatable bonds is 3. The van der Waals surface area contributed by atoms with Crippen molar-refractivity contribution in [1.82, 2.24) is 5.32 Å². The first-order valence-electron chi connectivity index (χ1n) is 5.63. The van der Waals surface area contributed by atoms with Gasteiger partial charge in [-0.05, 0) is 47.1 Å². The lowest BCUT2D eigenvalue weighted by Crippen LogP contribution is -2.38. The van der Waals surface area contributed by atoms with E-state index in [0.29, 0.717) is 11.0 Å². The van der Waals surface area contributed by atoms with Gasteiger partial charge in [-0.15, -0.1) is 0 Å². The number of halogens is 2. The number of carbonyl (C=O) groups excluding carboxylic acids is 1. The van der Waals surface area contributed by atoms with Gasteiger partial charge >= 0.3 is 0 Å². The van der Waals surface area contributed by atoms with Gasteiger partial charge in [0.05, 0.1) is 10.5 Å². The van der Waals surface area contributed by atoms with Crippen LogP contribution in [-0.4, -0.2) is 25.0 Å². The standard InChI is InChI=1S/C12H14BrFN2O/c1-2-15-11-5-6-16(12(11)17)8-3-4-10(14)9(13)7-8/h3-4,7,11,15H,2,5-6H2,1H3. The number of likely N-dealkylation sites (N-methyl/N-ethyl adjacent to an activating group) is 1. The Balaban J connectivity index is 2.18. The molecule has 1 heterocycles. The Morgan fingerprint density at radius 1 is 1.59 bits per heavy atom. The van der Waals surface area contributed by atoms with Crippen LogP contribution in [0.3, 0.4) is 0 Å². The second-order valence-electron chi connectivity index (χ2n) is 3.99. The summed E-state index contributed by atoms with van der Waals surface area (Å²) in [5.41, 5.74) is 0.740. The molecule has 1 fully saturated rings. The molecule has 1 aliphatic rings. The molecule has 0 saturated carbocycles. The van der Waals surface area contributed by atoms with Crippen molar-refractivity contribution >= 4 is 27.5 Å². The minimum Gasteiger partial charge on any atom is -0.311 e. The lowest BCUT2D eigenvalue weighted by Gasteiger charge is -2.17. The number of nitrogens with one attached hydrogen (secondary N) is 1. The average Bonchev–Trinajstić information content (AvgIpc) is 2.66. The molecule has 5 heteroatoms. The topological polar surface area (TPSA) is 32.3 Å². The van der Waals surface area contributed by atoms with Crippen LogP contribution in [0, 0.1) is 5.82 Å². The van der Waals surface area contributed by atoms with Gasteiger partial charge in [0.2, 0.25) is 5.91 Å². The minimum atomic E-state index is -0.316. The van der Waals surface area contributed by atoms with E-state index in [1.165, 1.54) is 6.07 Å². The number of nitrogens with zero attached hydrogens (tertiary/aromatic N) is 1. The van der Waals surface area contributed by atoms with Crippen LogP contribution in [0.5, 0.6) is 0 Å². The molecule has 0 spiro atoms. The summed E-state index contributed by atoms with van der Waals surface area (Å²) in [6.07, 6.45) is 0.793. The summed E-state index contributed by atoms with van der Waals surface area (Å²) < 4.78 is 13.5. The average molecular weight is 301 g/mol. The predicted molar refractivity (Wildman–Crippen MR) is 68.5 cm³/mol. The molecular formula is C12H14BrFN2O. The zero-order valence-electron chi connectivity index (χ0n) is 9.54. The van der Waals surface area contributed by atoms with Crippen molar-refractivity contribution in [3.8, 4) is 0 Å². The molecule has 3 nitrogen and oxygen atoms in total. The normalized spacial score (nSPS) is 20.1. The number of anilines is 1. The molecule has 1 aromatic carbocycles. The fourth-order valence-electron chi connectivity index (χ4n) is 2.03. The molecule has 0 radical (unpaired) electrons. The Labute approximate surface area is 108 Å². The van der Waals surface area contributed by atoms with E-state index in [9.17, 15) is 9.18 Å². The molecule has 0 aliphatic carbocycles. The maximum atomic E-state index is 13.1. The summed E-state index contributed by atoms with van der Waals surface area (Å²) in [7, 11) is 0. The fraction of sp³-hybridized carbons (Fsp3) is 0.417. The van der Waals surface area contributed by atoms with E-state index in [-0.39, 0.29) is 17.8 Å². The van der Waals surface area contributed by atoms with Gasteiger partial charge in [0.1, 0.15) is 5.82 Å². The molecule has 1 saturated heterocycles. The summed E-state index contributed by atoms with van der Waals surface area (Å²) >= 11 is 3.13. The van der Waals surface area contributed by atoms with Crippen molar-refractivity contribution in [3.05, 3.63) is 28.5 Å². The summed E-state index contributed by atoms with van der Waals surface area (Å²) in [5.74, 6) is -0.256. The van der Waals surface area contributed by atoms with E-state index in [2.05, 4.69) is 21.2 Å². The van der Waals surface area contributed by atoms with Crippen LogP contribution in [0.25, 0.3) is 0 Å². The Hall–Kier alpha value is -0.940. The van der Waals surface area contributed by atoms with Crippen LogP contribution in [0.1, 0.15) is 13.3 Å². The van der Waals surface area contributed by atoms with Gasteiger partial charge < -0.3 is 10.2 Å². The fourth-order valence-corrected chi connectivity index (χ4v) is 2.39. The van der Waals surface area contributed by atoms with Crippen LogP contribution < -0.4 is 10.2 Å². The molecule has 1 aromatic rings. The van der Waals surface area contributed by atoms with Crippen molar-refractivity contribution in [2.75, 3.05) is 18.0 Å². The van der Waals surface area contributed by atoms with Crippen LogP contribution in [0.4, 0.5) is 10.1 Å². The monoisotopic (exact) mass is 300 g/mol. The molecule has 1 amide bonds. The predicted octanol–water partition coefficient (Wildman–Crippen LogP) is 2.30. The molecule has 1 unspecified atom stereocenters. The molecule has 0 aromatic heterocycles.